The first-order chi connectivity index (χ1) is 6.74. The Hall–Kier alpha value is -1.02. The third kappa shape index (κ3) is 1.40. The Labute approximate surface area is 85.9 Å². The van der Waals surface area contributed by atoms with E-state index in [2.05, 4.69) is 42.4 Å². The topological polar surface area (TPSA) is 15.3 Å². The van der Waals surface area contributed by atoms with Crippen LogP contribution in [0.1, 0.15) is 24.1 Å². The van der Waals surface area contributed by atoms with Gasteiger partial charge in [0.2, 0.25) is 0 Å². The molecule has 1 unspecified atom stereocenters. The molecule has 14 heavy (non-hydrogen) atoms. The molecule has 2 nitrogen and oxygen atoms in total. The van der Waals surface area contributed by atoms with Gasteiger partial charge in [-0.2, -0.15) is 0 Å². The SMILES string of the molecule is CNC(C)c1cccc2c1N(C)CC2. The number of benzene rings is 1. The number of para-hydroxylation sites is 1. The Bertz CT molecular complexity index is 333. The Morgan fingerprint density at radius 2 is 2.21 bits per heavy atom. The number of fused-ring (bicyclic) bond motifs is 1. The average Bonchev–Trinajstić information content (AvgIpc) is 2.59. The van der Waals surface area contributed by atoms with E-state index in [1.165, 1.54) is 23.2 Å². The fraction of sp³-hybridized carbons (Fsp3) is 0.500. The van der Waals surface area contributed by atoms with Gasteiger partial charge in [-0.25, -0.2) is 0 Å². The summed E-state index contributed by atoms with van der Waals surface area (Å²) in [7, 11) is 4.19. The number of nitrogens with one attached hydrogen (secondary N) is 1. The van der Waals surface area contributed by atoms with Crippen molar-refractivity contribution in [3.05, 3.63) is 29.3 Å². The molecule has 1 heterocycles. The maximum Gasteiger partial charge on any atom is 0.0445 e. The highest BCUT2D eigenvalue weighted by Gasteiger charge is 2.20. The summed E-state index contributed by atoms with van der Waals surface area (Å²) >= 11 is 0. The Balaban J connectivity index is 2.46. The summed E-state index contributed by atoms with van der Waals surface area (Å²) in [4.78, 5) is 2.36. The van der Waals surface area contributed by atoms with Crippen LogP contribution in [0.4, 0.5) is 5.69 Å². The van der Waals surface area contributed by atoms with Crippen LogP contribution in [-0.4, -0.2) is 20.6 Å². The predicted molar refractivity (Wildman–Crippen MR) is 60.9 cm³/mol. The first kappa shape index (κ1) is 9.53. The number of hydrogen-bond acceptors (Lipinski definition) is 2. The molecule has 0 amide bonds. The van der Waals surface area contributed by atoms with Crippen molar-refractivity contribution in [3.63, 3.8) is 0 Å². The molecule has 0 saturated heterocycles. The zero-order valence-corrected chi connectivity index (χ0v) is 9.17. The van der Waals surface area contributed by atoms with Gasteiger partial charge in [-0.15, -0.1) is 0 Å². The van der Waals surface area contributed by atoms with Crippen molar-refractivity contribution in [3.8, 4) is 0 Å². The van der Waals surface area contributed by atoms with E-state index >= 15 is 0 Å². The van der Waals surface area contributed by atoms with Crippen molar-refractivity contribution >= 4 is 5.69 Å². The molecule has 2 heteroatoms. The molecular weight excluding hydrogens is 172 g/mol. The minimum Gasteiger partial charge on any atom is -0.374 e. The first-order valence-electron chi connectivity index (χ1n) is 5.24. The van der Waals surface area contributed by atoms with Crippen LogP contribution in [0.2, 0.25) is 0 Å². The molecule has 1 aliphatic heterocycles. The highest BCUT2D eigenvalue weighted by Crippen LogP contribution is 2.33. The molecule has 1 N–H and O–H groups in total. The highest BCUT2D eigenvalue weighted by atomic mass is 15.1. The third-order valence-electron chi connectivity index (χ3n) is 3.15. The van der Waals surface area contributed by atoms with Crippen LogP contribution in [0.15, 0.2) is 18.2 Å². The number of nitrogens with zero attached hydrogens (tertiary/aromatic N) is 1. The second kappa shape index (κ2) is 3.62. The van der Waals surface area contributed by atoms with Gasteiger partial charge < -0.3 is 10.2 Å². The van der Waals surface area contributed by atoms with Gasteiger partial charge >= 0.3 is 0 Å². The summed E-state index contributed by atoms with van der Waals surface area (Å²) in [5, 5.41) is 3.30. The van der Waals surface area contributed by atoms with Crippen LogP contribution in [0, 0.1) is 0 Å². The van der Waals surface area contributed by atoms with Crippen LogP contribution in [0.5, 0.6) is 0 Å². The monoisotopic (exact) mass is 190 g/mol. The van der Waals surface area contributed by atoms with E-state index in [-0.39, 0.29) is 0 Å². The minimum absolute atomic E-state index is 0.436. The lowest BCUT2D eigenvalue weighted by Crippen LogP contribution is -2.18. The molecule has 2 rings (SSSR count). The second-order valence-electron chi connectivity index (χ2n) is 4.04. The first-order valence-corrected chi connectivity index (χ1v) is 5.24. The molecule has 0 aliphatic carbocycles. The molecule has 76 valence electrons. The Kier molecular flexibility index (Phi) is 2.46. The lowest BCUT2D eigenvalue weighted by molar-refractivity contribution is 0.651. The molecule has 1 aromatic carbocycles. The van der Waals surface area contributed by atoms with E-state index in [4.69, 9.17) is 0 Å². The predicted octanol–water partition coefficient (Wildman–Crippen LogP) is 1.96. The molecule has 1 atom stereocenters. The fourth-order valence-electron chi connectivity index (χ4n) is 2.18. The smallest absolute Gasteiger partial charge is 0.0445 e. The van der Waals surface area contributed by atoms with Gasteiger partial charge in [-0.3, -0.25) is 0 Å². The van der Waals surface area contributed by atoms with Gasteiger partial charge in [-0.1, -0.05) is 18.2 Å². The highest BCUT2D eigenvalue weighted by molar-refractivity contribution is 5.63. The maximum atomic E-state index is 3.30. The fourth-order valence-corrected chi connectivity index (χ4v) is 2.18. The standard InChI is InChI=1S/C12H18N2/c1-9(13-2)11-6-4-5-10-7-8-14(3)12(10)11/h4-6,9,13H,7-8H2,1-3H3. The van der Waals surface area contributed by atoms with E-state index in [9.17, 15) is 0 Å². The van der Waals surface area contributed by atoms with Crippen molar-refractivity contribution < 1.29 is 0 Å². The number of anilines is 1. The summed E-state index contributed by atoms with van der Waals surface area (Å²) < 4.78 is 0. The van der Waals surface area contributed by atoms with Gasteiger partial charge in [0.05, 0.1) is 0 Å². The molecule has 1 aliphatic rings. The summed E-state index contributed by atoms with van der Waals surface area (Å²) in [6.45, 7) is 3.37. The van der Waals surface area contributed by atoms with Crippen LogP contribution in [0.25, 0.3) is 0 Å². The largest absolute Gasteiger partial charge is 0.374 e. The number of rotatable bonds is 2. The van der Waals surface area contributed by atoms with Crippen LogP contribution in [0.3, 0.4) is 0 Å². The van der Waals surface area contributed by atoms with E-state index in [1.807, 2.05) is 7.05 Å². The summed E-state index contributed by atoms with van der Waals surface area (Å²) in [6, 6.07) is 7.07. The zero-order valence-electron chi connectivity index (χ0n) is 9.17. The van der Waals surface area contributed by atoms with Crippen molar-refractivity contribution in [2.75, 3.05) is 25.5 Å². The molecule has 0 fully saturated rings. The molecule has 0 bridgehead atoms. The molecule has 0 aromatic heterocycles. The Morgan fingerprint density at radius 3 is 2.93 bits per heavy atom. The van der Waals surface area contributed by atoms with Crippen molar-refractivity contribution in [2.24, 2.45) is 0 Å². The van der Waals surface area contributed by atoms with Gasteiger partial charge in [-0.05, 0) is 31.5 Å². The van der Waals surface area contributed by atoms with Gasteiger partial charge in [0, 0.05) is 25.3 Å². The van der Waals surface area contributed by atoms with Gasteiger partial charge in [0.1, 0.15) is 0 Å². The van der Waals surface area contributed by atoms with E-state index < -0.39 is 0 Å². The van der Waals surface area contributed by atoms with Crippen molar-refractivity contribution in [2.45, 2.75) is 19.4 Å². The number of likely N-dealkylation sites (N-methyl/N-ethyl adjacent to an activating group) is 1. The molecular formula is C12H18N2. The quantitative estimate of drug-likeness (QED) is 0.767. The maximum absolute atomic E-state index is 3.30. The lowest BCUT2D eigenvalue weighted by atomic mass is 10.0. The lowest BCUT2D eigenvalue weighted by Gasteiger charge is -2.20. The normalized spacial score (nSPS) is 16.9. The van der Waals surface area contributed by atoms with Crippen molar-refractivity contribution in [1.82, 2.24) is 5.32 Å². The Morgan fingerprint density at radius 1 is 1.43 bits per heavy atom. The molecule has 0 radical (unpaired) electrons. The number of hydrogen-bond donors (Lipinski definition) is 1. The average molecular weight is 190 g/mol. The van der Waals surface area contributed by atoms with E-state index in [1.54, 1.807) is 0 Å². The summed E-state index contributed by atoms with van der Waals surface area (Å²) in [5.41, 5.74) is 4.35. The zero-order chi connectivity index (χ0) is 10.1. The van der Waals surface area contributed by atoms with Crippen LogP contribution >= 0.6 is 0 Å². The van der Waals surface area contributed by atoms with Gasteiger partial charge in [0.15, 0.2) is 0 Å². The van der Waals surface area contributed by atoms with Crippen molar-refractivity contribution in [1.29, 1.82) is 0 Å². The minimum atomic E-state index is 0.436. The summed E-state index contributed by atoms with van der Waals surface area (Å²) in [6.07, 6.45) is 1.19. The van der Waals surface area contributed by atoms with Crippen LogP contribution < -0.4 is 10.2 Å². The van der Waals surface area contributed by atoms with Crippen LogP contribution in [-0.2, 0) is 6.42 Å². The molecule has 0 saturated carbocycles. The summed E-state index contributed by atoms with van der Waals surface area (Å²) in [5.74, 6) is 0. The van der Waals surface area contributed by atoms with Gasteiger partial charge in [0.25, 0.3) is 0 Å². The second-order valence-corrected chi connectivity index (χ2v) is 4.04. The van der Waals surface area contributed by atoms with E-state index in [0.717, 1.165) is 6.54 Å². The third-order valence-corrected chi connectivity index (χ3v) is 3.15. The molecule has 0 spiro atoms. The molecule has 1 aromatic rings. The van der Waals surface area contributed by atoms with E-state index in [0.29, 0.717) is 6.04 Å².